The average Bonchev–Trinajstić information content (AvgIpc) is 2.83. The third-order valence-corrected chi connectivity index (χ3v) is 4.53. The van der Waals surface area contributed by atoms with Crippen molar-refractivity contribution >= 4 is 22.8 Å². The van der Waals surface area contributed by atoms with Crippen LogP contribution >= 0.6 is 0 Å². The number of carbonyl (C=O) groups excluding carboxylic acids is 1. The molecule has 1 aliphatic heterocycles. The number of H-pyrrole nitrogens is 1. The van der Waals surface area contributed by atoms with Gasteiger partial charge in [0.05, 0.1) is 11.5 Å². The fraction of sp³-hybridized carbons (Fsp3) is 0.562. The first-order valence-corrected chi connectivity index (χ1v) is 7.82. The third-order valence-electron chi connectivity index (χ3n) is 4.53. The summed E-state index contributed by atoms with van der Waals surface area (Å²) in [7, 11) is 0. The van der Waals surface area contributed by atoms with E-state index in [9.17, 15) is 4.79 Å². The van der Waals surface area contributed by atoms with Crippen molar-refractivity contribution in [1.29, 1.82) is 0 Å². The topological polar surface area (TPSA) is 79.9 Å². The minimum absolute atomic E-state index is 0.0101. The molecule has 22 heavy (non-hydrogen) atoms. The van der Waals surface area contributed by atoms with E-state index < -0.39 is 0 Å². The molecule has 2 aromatic rings. The Kier molecular flexibility index (Phi) is 4.11. The lowest BCUT2D eigenvalue weighted by molar-refractivity contribution is -0.124. The summed E-state index contributed by atoms with van der Waals surface area (Å²) in [6, 6.07) is 0. The molecule has 0 aromatic carbocycles. The van der Waals surface area contributed by atoms with Crippen LogP contribution in [0.1, 0.15) is 37.4 Å². The van der Waals surface area contributed by atoms with Crippen molar-refractivity contribution in [2.45, 2.75) is 46.1 Å². The van der Waals surface area contributed by atoms with Crippen LogP contribution in [-0.2, 0) is 9.53 Å². The zero-order chi connectivity index (χ0) is 15.7. The van der Waals surface area contributed by atoms with Crippen LogP contribution < -0.4 is 5.32 Å². The Hall–Kier alpha value is -1.95. The summed E-state index contributed by atoms with van der Waals surface area (Å²) in [5.41, 5.74) is 2.88. The normalized spacial score (nSPS) is 22.0. The molecule has 0 aliphatic carbocycles. The van der Waals surface area contributed by atoms with E-state index in [2.05, 4.69) is 27.2 Å². The summed E-state index contributed by atoms with van der Waals surface area (Å²) in [6.45, 7) is 6.74. The Morgan fingerprint density at radius 2 is 2.27 bits per heavy atom. The molecule has 1 saturated heterocycles. The van der Waals surface area contributed by atoms with Gasteiger partial charge in [0.2, 0.25) is 5.91 Å². The zero-order valence-corrected chi connectivity index (χ0v) is 13.3. The number of fused-ring (bicyclic) bond motifs is 1. The van der Waals surface area contributed by atoms with Gasteiger partial charge in [-0.15, -0.1) is 0 Å². The van der Waals surface area contributed by atoms with Gasteiger partial charge >= 0.3 is 0 Å². The molecule has 1 fully saturated rings. The number of aromatic nitrogens is 3. The van der Waals surface area contributed by atoms with E-state index in [4.69, 9.17) is 4.74 Å². The molecule has 6 nitrogen and oxygen atoms in total. The van der Waals surface area contributed by atoms with Crippen LogP contribution in [0.2, 0.25) is 0 Å². The highest BCUT2D eigenvalue weighted by Gasteiger charge is 2.27. The second kappa shape index (κ2) is 6.04. The quantitative estimate of drug-likeness (QED) is 0.913. The molecule has 0 radical (unpaired) electrons. The Morgan fingerprint density at radius 1 is 1.45 bits per heavy atom. The molecule has 6 heteroatoms. The first kappa shape index (κ1) is 15.0. The highest BCUT2D eigenvalue weighted by molar-refractivity contribution is 6.01. The van der Waals surface area contributed by atoms with E-state index >= 15 is 0 Å². The number of amides is 1. The summed E-state index contributed by atoms with van der Waals surface area (Å²) < 4.78 is 5.64. The van der Waals surface area contributed by atoms with Gasteiger partial charge in [-0.3, -0.25) is 4.79 Å². The smallest absolute Gasteiger partial charge is 0.228 e. The second-order valence-corrected chi connectivity index (χ2v) is 5.93. The molecule has 0 unspecified atom stereocenters. The lowest BCUT2D eigenvalue weighted by Crippen LogP contribution is -2.33. The molecule has 0 saturated carbocycles. The predicted octanol–water partition coefficient (Wildman–Crippen LogP) is 2.72. The van der Waals surface area contributed by atoms with E-state index in [1.54, 1.807) is 0 Å². The average molecular weight is 302 g/mol. The van der Waals surface area contributed by atoms with Crippen LogP contribution in [-0.4, -0.2) is 33.6 Å². The van der Waals surface area contributed by atoms with Crippen molar-refractivity contribution in [3.8, 4) is 0 Å². The van der Waals surface area contributed by atoms with Gasteiger partial charge in [-0.1, -0.05) is 6.92 Å². The summed E-state index contributed by atoms with van der Waals surface area (Å²) >= 11 is 0. The van der Waals surface area contributed by atoms with E-state index in [0.29, 0.717) is 12.4 Å². The molecule has 2 atom stereocenters. The van der Waals surface area contributed by atoms with E-state index in [1.165, 1.54) is 6.33 Å². The number of aromatic amines is 1. The summed E-state index contributed by atoms with van der Waals surface area (Å²) in [6.07, 6.45) is 4.15. The van der Waals surface area contributed by atoms with E-state index in [1.807, 2.05) is 13.8 Å². The Balaban J connectivity index is 1.82. The van der Waals surface area contributed by atoms with Gasteiger partial charge in [-0.25, -0.2) is 9.97 Å². The van der Waals surface area contributed by atoms with E-state index in [-0.39, 0.29) is 17.9 Å². The third kappa shape index (κ3) is 2.70. The van der Waals surface area contributed by atoms with Gasteiger partial charge in [0.1, 0.15) is 17.8 Å². The molecule has 2 N–H and O–H groups in total. The number of nitrogens with zero attached hydrogens (tertiary/aromatic N) is 2. The lowest BCUT2D eigenvalue weighted by atomic mass is 9.93. The Morgan fingerprint density at radius 3 is 3.05 bits per heavy atom. The summed E-state index contributed by atoms with van der Waals surface area (Å²) in [5.74, 6) is 0.612. The first-order chi connectivity index (χ1) is 10.6. The number of nitrogens with one attached hydrogen (secondary N) is 2. The number of ether oxygens (including phenoxy) is 1. The SMILES string of the molecule is CC[C@@H]1C[C@H](C(=O)Nc2ncnc3[nH]c(C)c(C)c23)CCO1. The van der Waals surface area contributed by atoms with Gasteiger partial charge in [-0.2, -0.15) is 0 Å². The molecular weight excluding hydrogens is 280 g/mol. The maximum Gasteiger partial charge on any atom is 0.228 e. The second-order valence-electron chi connectivity index (χ2n) is 5.93. The van der Waals surface area contributed by atoms with E-state index in [0.717, 1.165) is 41.6 Å². The van der Waals surface area contributed by atoms with Crippen LogP contribution in [0.5, 0.6) is 0 Å². The van der Waals surface area contributed by atoms with Crippen LogP contribution in [0.15, 0.2) is 6.33 Å². The molecule has 1 amide bonds. The van der Waals surface area contributed by atoms with Gasteiger partial charge in [-0.05, 0) is 38.7 Å². The molecular formula is C16H22N4O2. The predicted molar refractivity (Wildman–Crippen MR) is 84.7 cm³/mol. The molecule has 0 spiro atoms. The summed E-state index contributed by atoms with van der Waals surface area (Å²) in [4.78, 5) is 24.3. The summed E-state index contributed by atoms with van der Waals surface area (Å²) in [5, 5.41) is 3.88. The van der Waals surface area contributed by atoms with Crippen LogP contribution in [0, 0.1) is 19.8 Å². The van der Waals surface area contributed by atoms with Gasteiger partial charge in [0, 0.05) is 18.2 Å². The Bertz CT molecular complexity index is 695. The minimum atomic E-state index is -0.0101. The zero-order valence-electron chi connectivity index (χ0n) is 13.3. The standard InChI is InChI=1S/C16H22N4O2/c1-4-12-7-11(5-6-22-12)16(21)20-15-13-9(2)10(3)19-14(13)17-8-18-15/h8,11-12H,4-7H2,1-3H3,(H2,17,18,19,20,21)/t11-,12-/m1/s1. The number of anilines is 1. The fourth-order valence-electron chi connectivity index (χ4n) is 3.01. The van der Waals surface area contributed by atoms with Crippen molar-refractivity contribution in [2.24, 2.45) is 5.92 Å². The molecule has 3 rings (SSSR count). The van der Waals surface area contributed by atoms with Gasteiger partial charge < -0.3 is 15.0 Å². The number of hydrogen-bond acceptors (Lipinski definition) is 4. The van der Waals surface area contributed by atoms with Crippen molar-refractivity contribution in [3.05, 3.63) is 17.6 Å². The number of aryl methyl sites for hydroxylation is 2. The van der Waals surface area contributed by atoms with Crippen molar-refractivity contribution < 1.29 is 9.53 Å². The lowest BCUT2D eigenvalue weighted by Gasteiger charge is -2.28. The largest absolute Gasteiger partial charge is 0.378 e. The van der Waals surface area contributed by atoms with Crippen LogP contribution in [0.25, 0.3) is 11.0 Å². The minimum Gasteiger partial charge on any atom is -0.378 e. The van der Waals surface area contributed by atoms with Crippen molar-refractivity contribution in [1.82, 2.24) is 15.0 Å². The molecule has 3 heterocycles. The fourth-order valence-corrected chi connectivity index (χ4v) is 3.01. The number of rotatable bonds is 3. The van der Waals surface area contributed by atoms with Gasteiger partial charge in [0.15, 0.2) is 0 Å². The van der Waals surface area contributed by atoms with Crippen LogP contribution in [0.3, 0.4) is 0 Å². The van der Waals surface area contributed by atoms with Crippen molar-refractivity contribution in [3.63, 3.8) is 0 Å². The number of hydrogen-bond donors (Lipinski definition) is 2. The maximum absolute atomic E-state index is 12.6. The monoisotopic (exact) mass is 302 g/mol. The molecule has 0 bridgehead atoms. The number of carbonyl (C=O) groups is 1. The Labute approximate surface area is 129 Å². The highest BCUT2D eigenvalue weighted by Crippen LogP contribution is 2.27. The highest BCUT2D eigenvalue weighted by atomic mass is 16.5. The van der Waals surface area contributed by atoms with Gasteiger partial charge in [0.25, 0.3) is 0 Å². The molecule has 1 aliphatic rings. The van der Waals surface area contributed by atoms with Crippen LogP contribution in [0.4, 0.5) is 5.82 Å². The molecule has 118 valence electrons. The first-order valence-electron chi connectivity index (χ1n) is 7.82. The van der Waals surface area contributed by atoms with Crippen molar-refractivity contribution in [2.75, 3.05) is 11.9 Å². The maximum atomic E-state index is 12.6. The molecule has 2 aromatic heterocycles.